The first-order chi connectivity index (χ1) is 12.6. The zero-order chi connectivity index (χ0) is 18.5. The standard InChI is InChI=1S/C19H27N5O2/c1-4-23-11-13-24(14-12-23)19(25)21-17(18-20-9-10-22(18)2)15-7-5-6-8-16(15)26-3/h5-10,17H,4,11-14H2,1-3H3,(H,21,25). The van der Waals surface area contributed by atoms with E-state index in [4.69, 9.17) is 4.74 Å². The molecule has 0 spiro atoms. The molecule has 1 unspecified atom stereocenters. The largest absolute Gasteiger partial charge is 0.496 e. The third-order valence-corrected chi connectivity index (χ3v) is 4.94. The lowest BCUT2D eigenvalue weighted by atomic mass is 10.0. The Morgan fingerprint density at radius 1 is 1.27 bits per heavy atom. The molecule has 0 saturated carbocycles. The van der Waals surface area contributed by atoms with E-state index in [2.05, 4.69) is 22.1 Å². The number of carbonyl (C=O) groups is 1. The summed E-state index contributed by atoms with van der Waals surface area (Å²) in [5.41, 5.74) is 0.893. The maximum atomic E-state index is 12.9. The van der Waals surface area contributed by atoms with Crippen LogP contribution >= 0.6 is 0 Å². The Labute approximate surface area is 154 Å². The number of ether oxygens (including phenoxy) is 1. The molecule has 1 N–H and O–H groups in total. The first kappa shape index (κ1) is 18.3. The number of carbonyl (C=O) groups excluding carboxylic acids is 1. The molecule has 0 bridgehead atoms. The van der Waals surface area contributed by atoms with Gasteiger partial charge in [0, 0.05) is 51.2 Å². The summed E-state index contributed by atoms with van der Waals surface area (Å²) >= 11 is 0. The molecule has 2 amide bonds. The lowest BCUT2D eigenvalue weighted by Crippen LogP contribution is -2.52. The number of piperazine rings is 1. The Balaban J connectivity index is 1.83. The maximum Gasteiger partial charge on any atom is 0.318 e. The molecule has 2 aromatic rings. The normalized spacial score (nSPS) is 16.3. The van der Waals surface area contributed by atoms with Crippen LogP contribution in [-0.4, -0.2) is 65.2 Å². The van der Waals surface area contributed by atoms with E-state index in [0.717, 1.165) is 49.9 Å². The fourth-order valence-corrected chi connectivity index (χ4v) is 3.32. The Hall–Kier alpha value is -2.54. The number of hydrogen-bond donors (Lipinski definition) is 1. The Morgan fingerprint density at radius 2 is 2.00 bits per heavy atom. The number of aryl methyl sites for hydroxylation is 1. The lowest BCUT2D eigenvalue weighted by Gasteiger charge is -2.35. The molecule has 0 radical (unpaired) electrons. The van der Waals surface area contributed by atoms with Gasteiger partial charge in [0.15, 0.2) is 0 Å². The van der Waals surface area contributed by atoms with Crippen molar-refractivity contribution in [3.63, 3.8) is 0 Å². The highest BCUT2D eigenvalue weighted by Crippen LogP contribution is 2.29. The van der Waals surface area contributed by atoms with Crippen LogP contribution in [0.25, 0.3) is 0 Å². The highest BCUT2D eigenvalue weighted by atomic mass is 16.5. The molecular formula is C19H27N5O2. The van der Waals surface area contributed by atoms with Gasteiger partial charge >= 0.3 is 6.03 Å². The molecule has 7 nitrogen and oxygen atoms in total. The van der Waals surface area contributed by atoms with E-state index in [0.29, 0.717) is 0 Å². The summed E-state index contributed by atoms with van der Waals surface area (Å²) in [6.07, 6.45) is 3.62. The number of urea groups is 1. The predicted molar refractivity (Wildman–Crippen MR) is 100 cm³/mol. The van der Waals surface area contributed by atoms with E-state index in [9.17, 15) is 4.79 Å². The molecule has 2 heterocycles. The summed E-state index contributed by atoms with van der Waals surface area (Å²) in [6, 6.07) is 7.29. The van der Waals surface area contributed by atoms with Crippen molar-refractivity contribution in [2.75, 3.05) is 39.8 Å². The molecule has 1 aromatic carbocycles. The summed E-state index contributed by atoms with van der Waals surface area (Å²) in [7, 11) is 3.57. The molecule has 1 atom stereocenters. The number of methoxy groups -OCH3 is 1. The minimum Gasteiger partial charge on any atom is -0.496 e. The highest BCUT2D eigenvalue weighted by Gasteiger charge is 2.27. The van der Waals surface area contributed by atoms with Crippen molar-refractivity contribution in [1.29, 1.82) is 0 Å². The highest BCUT2D eigenvalue weighted by molar-refractivity contribution is 5.75. The van der Waals surface area contributed by atoms with Gasteiger partial charge in [-0.2, -0.15) is 0 Å². The Bertz CT molecular complexity index is 737. The van der Waals surface area contributed by atoms with E-state index < -0.39 is 0 Å². The molecule has 1 fully saturated rings. The van der Waals surface area contributed by atoms with Gasteiger partial charge in [-0.25, -0.2) is 9.78 Å². The van der Waals surface area contributed by atoms with Crippen LogP contribution in [0.4, 0.5) is 4.79 Å². The number of benzene rings is 1. The van der Waals surface area contributed by atoms with Crippen LogP contribution in [-0.2, 0) is 7.05 Å². The first-order valence-corrected chi connectivity index (χ1v) is 9.02. The predicted octanol–water partition coefficient (Wildman–Crippen LogP) is 1.87. The van der Waals surface area contributed by atoms with E-state index in [1.165, 1.54) is 0 Å². The van der Waals surface area contributed by atoms with Crippen molar-refractivity contribution in [2.24, 2.45) is 7.05 Å². The van der Waals surface area contributed by atoms with Gasteiger partial charge in [0.1, 0.15) is 17.6 Å². The summed E-state index contributed by atoms with van der Waals surface area (Å²) in [6.45, 7) is 6.45. The van der Waals surface area contributed by atoms with Crippen LogP contribution < -0.4 is 10.1 Å². The number of rotatable bonds is 5. The number of amides is 2. The topological polar surface area (TPSA) is 62.6 Å². The third-order valence-electron chi connectivity index (χ3n) is 4.94. The molecule has 3 rings (SSSR count). The second kappa shape index (κ2) is 8.23. The van der Waals surface area contributed by atoms with Crippen molar-refractivity contribution in [3.8, 4) is 5.75 Å². The second-order valence-electron chi connectivity index (χ2n) is 6.44. The summed E-state index contributed by atoms with van der Waals surface area (Å²) in [5.74, 6) is 1.51. The Morgan fingerprint density at radius 3 is 2.62 bits per heavy atom. The molecule has 140 valence electrons. The van der Waals surface area contributed by atoms with Gasteiger partial charge in [0.25, 0.3) is 0 Å². The van der Waals surface area contributed by atoms with Gasteiger partial charge in [0.05, 0.1) is 7.11 Å². The minimum absolute atomic E-state index is 0.0698. The SMILES string of the molecule is CCN1CCN(C(=O)NC(c2ccccc2OC)c2nccn2C)CC1. The lowest BCUT2D eigenvalue weighted by molar-refractivity contribution is 0.141. The van der Waals surface area contributed by atoms with Gasteiger partial charge in [-0.05, 0) is 12.6 Å². The van der Waals surface area contributed by atoms with E-state index in [1.807, 2.05) is 47.0 Å². The van der Waals surface area contributed by atoms with Gasteiger partial charge in [-0.15, -0.1) is 0 Å². The third kappa shape index (κ3) is 3.83. The molecule has 1 saturated heterocycles. The minimum atomic E-state index is -0.372. The molecular weight excluding hydrogens is 330 g/mol. The Kier molecular flexibility index (Phi) is 5.78. The molecule has 1 aromatic heterocycles. The summed E-state index contributed by atoms with van der Waals surface area (Å²) in [5, 5.41) is 3.16. The average molecular weight is 357 g/mol. The van der Waals surface area contributed by atoms with Crippen LogP contribution in [0.5, 0.6) is 5.75 Å². The second-order valence-corrected chi connectivity index (χ2v) is 6.44. The van der Waals surface area contributed by atoms with Crippen LogP contribution in [0.15, 0.2) is 36.7 Å². The van der Waals surface area contributed by atoms with Crippen molar-refractivity contribution < 1.29 is 9.53 Å². The van der Waals surface area contributed by atoms with Crippen LogP contribution in [0.1, 0.15) is 24.4 Å². The number of para-hydroxylation sites is 1. The van der Waals surface area contributed by atoms with E-state index >= 15 is 0 Å². The molecule has 7 heteroatoms. The van der Waals surface area contributed by atoms with Gasteiger partial charge < -0.3 is 24.4 Å². The fourth-order valence-electron chi connectivity index (χ4n) is 3.32. The van der Waals surface area contributed by atoms with Crippen molar-refractivity contribution >= 4 is 6.03 Å². The van der Waals surface area contributed by atoms with Crippen LogP contribution in [0.2, 0.25) is 0 Å². The van der Waals surface area contributed by atoms with Gasteiger partial charge in [-0.1, -0.05) is 25.1 Å². The fraction of sp³-hybridized carbons (Fsp3) is 0.474. The van der Waals surface area contributed by atoms with Crippen molar-refractivity contribution in [1.82, 2.24) is 24.7 Å². The number of imidazole rings is 1. The summed E-state index contributed by atoms with van der Waals surface area (Å²) in [4.78, 5) is 21.6. The molecule has 1 aliphatic heterocycles. The molecule has 26 heavy (non-hydrogen) atoms. The smallest absolute Gasteiger partial charge is 0.318 e. The van der Waals surface area contributed by atoms with Gasteiger partial charge in [-0.3, -0.25) is 0 Å². The van der Waals surface area contributed by atoms with Crippen molar-refractivity contribution in [3.05, 3.63) is 48.0 Å². The first-order valence-electron chi connectivity index (χ1n) is 9.02. The zero-order valence-corrected chi connectivity index (χ0v) is 15.7. The molecule has 1 aliphatic rings. The number of aromatic nitrogens is 2. The maximum absolute atomic E-state index is 12.9. The zero-order valence-electron chi connectivity index (χ0n) is 15.7. The molecule has 0 aliphatic carbocycles. The average Bonchev–Trinajstić information content (AvgIpc) is 3.11. The van der Waals surface area contributed by atoms with Crippen LogP contribution in [0.3, 0.4) is 0 Å². The quantitative estimate of drug-likeness (QED) is 0.887. The number of nitrogens with zero attached hydrogens (tertiary/aromatic N) is 4. The number of likely N-dealkylation sites (N-methyl/N-ethyl adjacent to an activating group) is 1. The number of nitrogens with one attached hydrogen (secondary N) is 1. The van der Waals surface area contributed by atoms with Gasteiger partial charge in [0.2, 0.25) is 0 Å². The van der Waals surface area contributed by atoms with Crippen LogP contribution in [0, 0.1) is 0 Å². The number of hydrogen-bond acceptors (Lipinski definition) is 4. The van der Waals surface area contributed by atoms with Crippen molar-refractivity contribution in [2.45, 2.75) is 13.0 Å². The summed E-state index contributed by atoms with van der Waals surface area (Å²) < 4.78 is 7.43. The van der Waals surface area contributed by atoms with E-state index in [1.54, 1.807) is 13.3 Å². The monoisotopic (exact) mass is 357 g/mol. The van der Waals surface area contributed by atoms with E-state index in [-0.39, 0.29) is 12.1 Å².